The van der Waals surface area contributed by atoms with Crippen LogP contribution in [0.5, 0.6) is 11.5 Å². The number of rotatable bonds is 6. The summed E-state index contributed by atoms with van der Waals surface area (Å²) in [5, 5.41) is 22.3. The van der Waals surface area contributed by atoms with Gasteiger partial charge in [-0.1, -0.05) is 0 Å². The normalized spacial score (nSPS) is 20.7. The van der Waals surface area contributed by atoms with Gasteiger partial charge in [-0.05, 0) is 61.4 Å². The fourth-order valence-corrected chi connectivity index (χ4v) is 4.61. The third kappa shape index (κ3) is 5.09. The first-order valence-corrected chi connectivity index (χ1v) is 9.76. The monoisotopic (exact) mass is 347 g/mol. The summed E-state index contributed by atoms with van der Waals surface area (Å²) in [5.41, 5.74) is 0. The lowest BCUT2D eigenvalue weighted by Gasteiger charge is -2.14. The van der Waals surface area contributed by atoms with E-state index >= 15 is 0 Å². The molecule has 1 heterocycles. The fourth-order valence-electron chi connectivity index (χ4n) is 2.64. The van der Waals surface area contributed by atoms with E-state index in [4.69, 9.17) is 0 Å². The number of benzene rings is 2. The van der Waals surface area contributed by atoms with E-state index in [0.717, 1.165) is 11.5 Å². The average molecular weight is 348 g/mol. The molecule has 0 bridgehead atoms. The molecular weight excluding hydrogens is 326 g/mol. The van der Waals surface area contributed by atoms with E-state index in [1.54, 1.807) is 24.3 Å². The highest BCUT2D eigenvalue weighted by Crippen LogP contribution is 2.27. The predicted molar refractivity (Wildman–Crippen MR) is 97.6 cm³/mol. The number of phenolic OH excluding ortho intramolecular Hbond substituents is 2. The lowest BCUT2D eigenvalue weighted by atomic mass is 10.2. The van der Waals surface area contributed by atoms with Gasteiger partial charge in [-0.15, -0.1) is 23.5 Å². The van der Waals surface area contributed by atoms with E-state index in [1.807, 2.05) is 47.8 Å². The molecule has 2 atom stereocenters. The summed E-state index contributed by atoms with van der Waals surface area (Å²) < 4.78 is 0. The summed E-state index contributed by atoms with van der Waals surface area (Å²) in [4.78, 5) is 2.40. The topological polar surface area (TPSA) is 52.5 Å². The standard InChI is InChI=1S/C18H21NO2S2/c20-15-3-7-17(8-4-15)22-11-13-1-2-14(19-13)12-23-18-9-5-16(21)6-10-18/h3-10,13-14,19-21H,1-2,11-12H2/t13-,14+. The summed E-state index contributed by atoms with van der Waals surface area (Å²) in [6.45, 7) is 0. The molecule has 23 heavy (non-hydrogen) atoms. The number of hydrogen-bond donors (Lipinski definition) is 3. The van der Waals surface area contributed by atoms with Gasteiger partial charge in [-0.25, -0.2) is 0 Å². The SMILES string of the molecule is Oc1ccc(SC[C@H]2CC[C@@H](CSc3ccc(O)cc3)N2)cc1. The van der Waals surface area contributed by atoms with Crippen LogP contribution in [0.15, 0.2) is 58.3 Å². The fraction of sp³-hybridized carbons (Fsp3) is 0.333. The van der Waals surface area contributed by atoms with E-state index < -0.39 is 0 Å². The lowest BCUT2D eigenvalue weighted by Crippen LogP contribution is -2.32. The molecule has 1 fully saturated rings. The van der Waals surface area contributed by atoms with Crippen LogP contribution in [-0.4, -0.2) is 33.8 Å². The second-order valence-corrected chi connectivity index (χ2v) is 7.93. The molecule has 0 spiro atoms. The summed E-state index contributed by atoms with van der Waals surface area (Å²) in [6.07, 6.45) is 2.43. The van der Waals surface area contributed by atoms with Crippen LogP contribution >= 0.6 is 23.5 Å². The zero-order chi connectivity index (χ0) is 16.1. The van der Waals surface area contributed by atoms with Crippen molar-refractivity contribution in [3.63, 3.8) is 0 Å². The highest BCUT2D eigenvalue weighted by molar-refractivity contribution is 7.99. The molecule has 1 aliphatic rings. The summed E-state index contributed by atoms with van der Waals surface area (Å²) in [7, 11) is 0. The Morgan fingerprint density at radius 1 is 0.739 bits per heavy atom. The molecule has 1 aliphatic heterocycles. The van der Waals surface area contributed by atoms with Gasteiger partial charge >= 0.3 is 0 Å². The summed E-state index contributed by atoms with van der Waals surface area (Å²) in [5.74, 6) is 2.76. The van der Waals surface area contributed by atoms with Gasteiger partial charge in [0.15, 0.2) is 0 Å². The van der Waals surface area contributed by atoms with Crippen molar-refractivity contribution in [3.8, 4) is 11.5 Å². The van der Waals surface area contributed by atoms with Gasteiger partial charge in [-0.2, -0.15) is 0 Å². The maximum Gasteiger partial charge on any atom is 0.115 e. The van der Waals surface area contributed by atoms with Gasteiger partial charge in [0.1, 0.15) is 11.5 Å². The second-order valence-electron chi connectivity index (χ2n) is 5.75. The van der Waals surface area contributed by atoms with Gasteiger partial charge in [0.25, 0.3) is 0 Å². The molecule has 5 heteroatoms. The molecule has 0 amide bonds. The molecule has 0 aliphatic carbocycles. The minimum absolute atomic E-state index is 0.319. The van der Waals surface area contributed by atoms with Gasteiger partial charge in [0, 0.05) is 33.4 Å². The highest BCUT2D eigenvalue weighted by Gasteiger charge is 2.23. The van der Waals surface area contributed by atoms with Gasteiger partial charge in [0.2, 0.25) is 0 Å². The number of nitrogens with one attached hydrogen (secondary N) is 1. The van der Waals surface area contributed by atoms with Crippen molar-refractivity contribution in [2.45, 2.75) is 34.7 Å². The predicted octanol–water partition coefficient (Wildman–Crippen LogP) is 4.10. The Morgan fingerprint density at radius 2 is 1.13 bits per heavy atom. The largest absolute Gasteiger partial charge is 0.508 e. The molecule has 0 unspecified atom stereocenters. The average Bonchev–Trinajstić information content (AvgIpc) is 3.02. The molecule has 122 valence electrons. The summed E-state index contributed by atoms with van der Waals surface area (Å²) in [6, 6.07) is 15.9. The zero-order valence-electron chi connectivity index (χ0n) is 12.8. The number of aromatic hydroxyl groups is 2. The Bertz CT molecular complexity index is 560. The Labute approximate surface area is 145 Å². The third-order valence-corrected chi connectivity index (χ3v) is 6.26. The quantitative estimate of drug-likeness (QED) is 0.687. The molecule has 3 rings (SSSR count). The van der Waals surface area contributed by atoms with Crippen molar-refractivity contribution in [1.29, 1.82) is 0 Å². The van der Waals surface area contributed by atoms with Crippen LogP contribution in [0.25, 0.3) is 0 Å². The van der Waals surface area contributed by atoms with Crippen LogP contribution in [0.3, 0.4) is 0 Å². The van der Waals surface area contributed by atoms with E-state index in [9.17, 15) is 10.2 Å². The molecule has 0 aromatic heterocycles. The molecular formula is C18H21NO2S2. The molecule has 0 radical (unpaired) electrons. The second kappa shape index (κ2) is 7.99. The smallest absolute Gasteiger partial charge is 0.115 e. The molecule has 1 saturated heterocycles. The van der Waals surface area contributed by atoms with E-state index in [-0.39, 0.29) is 0 Å². The number of phenols is 2. The van der Waals surface area contributed by atoms with Gasteiger partial charge in [0.05, 0.1) is 0 Å². The molecule has 0 saturated carbocycles. The maximum atomic E-state index is 9.30. The van der Waals surface area contributed by atoms with Gasteiger partial charge in [-0.3, -0.25) is 0 Å². The zero-order valence-corrected chi connectivity index (χ0v) is 14.4. The van der Waals surface area contributed by atoms with E-state index in [2.05, 4.69) is 5.32 Å². The Hall–Kier alpha value is -1.30. The van der Waals surface area contributed by atoms with Crippen molar-refractivity contribution < 1.29 is 10.2 Å². The van der Waals surface area contributed by atoms with Crippen LogP contribution in [0, 0.1) is 0 Å². The van der Waals surface area contributed by atoms with E-state index in [1.165, 1.54) is 22.6 Å². The van der Waals surface area contributed by atoms with Crippen LogP contribution in [0.2, 0.25) is 0 Å². The first-order chi connectivity index (χ1) is 11.2. The Morgan fingerprint density at radius 3 is 1.52 bits per heavy atom. The van der Waals surface area contributed by atoms with Gasteiger partial charge < -0.3 is 15.5 Å². The summed E-state index contributed by atoms with van der Waals surface area (Å²) >= 11 is 3.67. The molecule has 3 N–H and O–H groups in total. The Balaban J connectivity index is 1.40. The van der Waals surface area contributed by atoms with Crippen molar-refractivity contribution in [2.75, 3.05) is 11.5 Å². The van der Waals surface area contributed by atoms with Crippen molar-refractivity contribution in [2.24, 2.45) is 0 Å². The number of thioether (sulfide) groups is 2. The molecule has 3 nitrogen and oxygen atoms in total. The highest BCUT2D eigenvalue weighted by atomic mass is 32.2. The van der Waals surface area contributed by atoms with Crippen LogP contribution in [0.1, 0.15) is 12.8 Å². The van der Waals surface area contributed by atoms with E-state index in [0.29, 0.717) is 23.6 Å². The molecule has 2 aromatic rings. The van der Waals surface area contributed by atoms with Crippen molar-refractivity contribution >= 4 is 23.5 Å². The van der Waals surface area contributed by atoms with Crippen LogP contribution in [0.4, 0.5) is 0 Å². The molecule has 2 aromatic carbocycles. The lowest BCUT2D eigenvalue weighted by molar-refractivity contribution is 0.474. The minimum atomic E-state index is 0.319. The van der Waals surface area contributed by atoms with Crippen molar-refractivity contribution in [1.82, 2.24) is 5.32 Å². The van der Waals surface area contributed by atoms with Crippen LogP contribution < -0.4 is 5.32 Å². The van der Waals surface area contributed by atoms with Crippen LogP contribution in [-0.2, 0) is 0 Å². The third-order valence-electron chi connectivity index (χ3n) is 3.91. The van der Waals surface area contributed by atoms with Crippen molar-refractivity contribution in [3.05, 3.63) is 48.5 Å². The minimum Gasteiger partial charge on any atom is -0.508 e. The first-order valence-electron chi connectivity index (χ1n) is 7.79. The first kappa shape index (κ1) is 16.6. The maximum absolute atomic E-state index is 9.30. The number of hydrogen-bond acceptors (Lipinski definition) is 5. The Kier molecular flexibility index (Phi) is 5.75.